The quantitative estimate of drug-likeness (QED) is 0.560. The second kappa shape index (κ2) is 4.28. The molecule has 17 heavy (non-hydrogen) atoms. The van der Waals surface area contributed by atoms with Gasteiger partial charge in [-0.15, -0.1) is 0 Å². The van der Waals surface area contributed by atoms with E-state index in [2.05, 4.69) is 12.5 Å². The number of Topliss-reactive ketones (excluding diaryl/α,β-unsaturated/α-hetero) is 1. The smallest absolute Gasteiger partial charge is 0.299 e. The molecule has 2 rings (SSSR count). The largest absolute Gasteiger partial charge is 0.399 e. The average molecular weight is 286 g/mol. The Morgan fingerprint density at radius 1 is 0.882 bits per heavy atom. The van der Waals surface area contributed by atoms with Crippen LogP contribution >= 0.6 is 0 Å². The van der Waals surface area contributed by atoms with Gasteiger partial charge in [0.1, 0.15) is 5.78 Å². The van der Waals surface area contributed by atoms with Gasteiger partial charge in [0.2, 0.25) is 0 Å². The summed E-state index contributed by atoms with van der Waals surface area (Å²) in [6.45, 7) is -0.847. The maximum Gasteiger partial charge on any atom is 0.399 e. The fraction of sp³-hybridized carbons (Fsp3) is 0.857. The van der Waals surface area contributed by atoms with E-state index in [1.807, 2.05) is 0 Å². The minimum Gasteiger partial charge on any atom is -0.299 e. The number of ketones is 1. The standard InChI is InChI=1S/C7H10O8S2/c8-7(6-3-13-16(9,10)4-6)5-1-14-17(11,12)15-2-5/h5-6H,1-4H2. The van der Waals surface area contributed by atoms with Crippen LogP contribution in [0.3, 0.4) is 0 Å². The molecule has 98 valence electrons. The van der Waals surface area contributed by atoms with E-state index in [-0.39, 0.29) is 25.6 Å². The van der Waals surface area contributed by atoms with Crippen molar-refractivity contribution in [1.82, 2.24) is 0 Å². The highest BCUT2D eigenvalue weighted by atomic mass is 32.3. The van der Waals surface area contributed by atoms with Crippen molar-refractivity contribution in [1.29, 1.82) is 0 Å². The molecular weight excluding hydrogens is 276 g/mol. The van der Waals surface area contributed by atoms with Gasteiger partial charge < -0.3 is 0 Å². The third-order valence-corrected chi connectivity index (χ3v) is 4.64. The first-order chi connectivity index (χ1) is 7.79. The molecule has 8 nitrogen and oxygen atoms in total. The summed E-state index contributed by atoms with van der Waals surface area (Å²) in [6.07, 6.45) is 0. The Labute approximate surface area is 98.3 Å². The van der Waals surface area contributed by atoms with Crippen LogP contribution in [-0.2, 0) is 37.9 Å². The average Bonchev–Trinajstić information content (AvgIpc) is 2.58. The van der Waals surface area contributed by atoms with Crippen LogP contribution in [0.2, 0.25) is 0 Å². The first-order valence-electron chi connectivity index (χ1n) is 4.74. The molecule has 0 aromatic rings. The molecule has 2 heterocycles. The lowest BCUT2D eigenvalue weighted by Crippen LogP contribution is -2.37. The minimum atomic E-state index is -4.00. The highest BCUT2D eigenvalue weighted by Gasteiger charge is 2.40. The SMILES string of the molecule is O=C(C1COS(=O)(=O)OC1)C1COS(=O)(=O)C1. The fourth-order valence-corrected chi connectivity index (χ4v) is 3.55. The van der Waals surface area contributed by atoms with Crippen LogP contribution in [0.5, 0.6) is 0 Å². The summed E-state index contributed by atoms with van der Waals surface area (Å²) in [5.74, 6) is -2.35. The van der Waals surface area contributed by atoms with E-state index in [0.717, 1.165) is 0 Å². The highest BCUT2D eigenvalue weighted by molar-refractivity contribution is 7.87. The van der Waals surface area contributed by atoms with Gasteiger partial charge in [0, 0.05) is 0 Å². The molecule has 2 aliphatic heterocycles. The molecule has 0 N–H and O–H groups in total. The molecule has 10 heteroatoms. The lowest BCUT2D eigenvalue weighted by Gasteiger charge is -2.21. The van der Waals surface area contributed by atoms with Gasteiger partial charge in [-0.05, 0) is 0 Å². The van der Waals surface area contributed by atoms with Gasteiger partial charge in [0.25, 0.3) is 10.1 Å². The normalized spacial score (nSPS) is 32.4. The van der Waals surface area contributed by atoms with E-state index >= 15 is 0 Å². The molecule has 1 unspecified atom stereocenters. The Hall–Kier alpha value is -0.550. The van der Waals surface area contributed by atoms with Crippen molar-refractivity contribution >= 4 is 26.3 Å². The minimum absolute atomic E-state index is 0.204. The summed E-state index contributed by atoms with van der Waals surface area (Å²) in [7, 11) is -7.62. The molecule has 2 fully saturated rings. The van der Waals surface area contributed by atoms with E-state index in [4.69, 9.17) is 0 Å². The van der Waals surface area contributed by atoms with Crippen molar-refractivity contribution in [2.24, 2.45) is 11.8 Å². The zero-order valence-corrected chi connectivity index (χ0v) is 10.2. The van der Waals surface area contributed by atoms with Crippen LogP contribution in [0.25, 0.3) is 0 Å². The van der Waals surface area contributed by atoms with E-state index < -0.39 is 38.1 Å². The van der Waals surface area contributed by atoms with Crippen LogP contribution in [0.15, 0.2) is 0 Å². The Balaban J connectivity index is 1.98. The summed E-state index contributed by atoms with van der Waals surface area (Å²) in [5.41, 5.74) is 0. The number of rotatable bonds is 2. The third-order valence-electron chi connectivity index (χ3n) is 2.49. The zero-order chi connectivity index (χ0) is 12.7. The monoisotopic (exact) mass is 286 g/mol. The van der Waals surface area contributed by atoms with Crippen LogP contribution in [-0.4, -0.2) is 48.2 Å². The van der Waals surface area contributed by atoms with E-state index in [1.54, 1.807) is 0 Å². The number of carbonyl (C=O) groups excluding carboxylic acids is 1. The van der Waals surface area contributed by atoms with Crippen molar-refractivity contribution in [3.8, 4) is 0 Å². The van der Waals surface area contributed by atoms with Gasteiger partial charge >= 0.3 is 10.4 Å². The van der Waals surface area contributed by atoms with Crippen molar-refractivity contribution in [3.63, 3.8) is 0 Å². The lowest BCUT2D eigenvalue weighted by molar-refractivity contribution is -0.129. The Kier molecular flexibility index (Phi) is 3.25. The molecule has 1 atom stereocenters. The molecule has 0 radical (unpaired) electrons. The molecular formula is C7H10O8S2. The molecule has 0 amide bonds. The molecule has 0 spiro atoms. The van der Waals surface area contributed by atoms with Crippen molar-refractivity contribution in [2.45, 2.75) is 0 Å². The molecule has 2 aliphatic rings. The van der Waals surface area contributed by atoms with Crippen molar-refractivity contribution in [3.05, 3.63) is 0 Å². The summed E-state index contributed by atoms with van der Waals surface area (Å²) >= 11 is 0. The second-order valence-electron chi connectivity index (χ2n) is 3.78. The lowest BCUT2D eigenvalue weighted by atomic mass is 9.96. The topological polar surface area (TPSA) is 113 Å². The maximum absolute atomic E-state index is 11.8. The van der Waals surface area contributed by atoms with E-state index in [0.29, 0.717) is 0 Å². The Morgan fingerprint density at radius 3 is 1.88 bits per heavy atom. The maximum atomic E-state index is 11.8. The molecule has 0 saturated carbocycles. The zero-order valence-electron chi connectivity index (χ0n) is 8.57. The number of hydrogen-bond donors (Lipinski definition) is 0. The summed E-state index contributed by atoms with van der Waals surface area (Å²) < 4.78 is 56.7. The fourth-order valence-electron chi connectivity index (χ4n) is 1.60. The Morgan fingerprint density at radius 2 is 1.41 bits per heavy atom. The van der Waals surface area contributed by atoms with Crippen LogP contribution in [0.1, 0.15) is 0 Å². The molecule has 0 aromatic carbocycles. The van der Waals surface area contributed by atoms with E-state index in [9.17, 15) is 21.6 Å². The van der Waals surface area contributed by atoms with Gasteiger partial charge in [-0.2, -0.15) is 16.8 Å². The molecule has 0 aliphatic carbocycles. The van der Waals surface area contributed by atoms with Gasteiger partial charge in [-0.25, -0.2) is 8.37 Å². The predicted molar refractivity (Wildman–Crippen MR) is 52.5 cm³/mol. The second-order valence-corrected chi connectivity index (χ2v) is 6.75. The predicted octanol–water partition coefficient (Wildman–Crippen LogP) is -1.56. The highest BCUT2D eigenvalue weighted by Crippen LogP contribution is 2.22. The van der Waals surface area contributed by atoms with Crippen LogP contribution in [0, 0.1) is 11.8 Å². The van der Waals surface area contributed by atoms with Crippen molar-refractivity contribution in [2.75, 3.05) is 25.6 Å². The molecule has 0 aromatic heterocycles. The number of carbonyl (C=O) groups is 1. The number of hydrogen-bond acceptors (Lipinski definition) is 8. The van der Waals surface area contributed by atoms with Crippen LogP contribution in [0.4, 0.5) is 0 Å². The summed E-state index contributed by atoms with van der Waals surface area (Å²) in [4.78, 5) is 11.8. The molecule has 2 saturated heterocycles. The summed E-state index contributed by atoms with van der Waals surface area (Å²) in [5, 5.41) is 0. The molecule has 0 bridgehead atoms. The summed E-state index contributed by atoms with van der Waals surface area (Å²) in [6, 6.07) is 0. The first-order valence-corrected chi connectivity index (χ1v) is 7.65. The van der Waals surface area contributed by atoms with Gasteiger partial charge in [-0.3, -0.25) is 8.98 Å². The van der Waals surface area contributed by atoms with Gasteiger partial charge in [0.15, 0.2) is 0 Å². The van der Waals surface area contributed by atoms with Crippen molar-refractivity contribution < 1.29 is 34.2 Å². The van der Waals surface area contributed by atoms with Crippen LogP contribution < -0.4 is 0 Å². The first kappa shape index (κ1) is 12.9. The van der Waals surface area contributed by atoms with E-state index in [1.165, 1.54) is 0 Å². The third kappa shape index (κ3) is 3.01. The van der Waals surface area contributed by atoms with Gasteiger partial charge in [-0.1, -0.05) is 0 Å². The van der Waals surface area contributed by atoms with Gasteiger partial charge in [0.05, 0.1) is 37.4 Å². The Bertz CT molecular complexity index is 504.